The van der Waals surface area contributed by atoms with E-state index in [2.05, 4.69) is 31.2 Å². The van der Waals surface area contributed by atoms with E-state index < -0.39 is 11.6 Å². The largest absolute Gasteiger partial charge is 0.382 e. The van der Waals surface area contributed by atoms with Crippen LogP contribution in [0.25, 0.3) is 0 Å². The topological polar surface area (TPSA) is 63.8 Å². The van der Waals surface area contributed by atoms with E-state index in [0.29, 0.717) is 5.82 Å². The zero-order chi connectivity index (χ0) is 12.4. The fourth-order valence-corrected chi connectivity index (χ4v) is 1.70. The second-order valence-electron chi connectivity index (χ2n) is 3.20. The summed E-state index contributed by atoms with van der Waals surface area (Å²) in [6.45, 7) is 0. The lowest BCUT2D eigenvalue weighted by Crippen LogP contribution is -2.00. The molecule has 0 radical (unpaired) electrons. The molecular weight excluding hydrogens is 294 g/mol. The van der Waals surface area contributed by atoms with Gasteiger partial charge in [0, 0.05) is 10.5 Å². The molecule has 7 heteroatoms. The summed E-state index contributed by atoms with van der Waals surface area (Å²) in [6.07, 6.45) is 2.68. The van der Waals surface area contributed by atoms with Crippen molar-refractivity contribution in [2.45, 2.75) is 0 Å². The van der Waals surface area contributed by atoms with Crippen LogP contribution in [0.4, 0.5) is 26.1 Å². The van der Waals surface area contributed by atoms with E-state index in [1.807, 2.05) is 0 Å². The van der Waals surface area contributed by atoms with Gasteiger partial charge in [-0.1, -0.05) is 0 Å². The Morgan fingerprint density at radius 2 is 1.94 bits per heavy atom. The highest BCUT2D eigenvalue weighted by Gasteiger charge is 2.10. The van der Waals surface area contributed by atoms with Gasteiger partial charge >= 0.3 is 0 Å². The molecule has 0 spiro atoms. The average Bonchev–Trinajstić information content (AvgIpc) is 2.26. The highest BCUT2D eigenvalue weighted by molar-refractivity contribution is 9.10. The quantitative estimate of drug-likeness (QED) is 0.895. The summed E-state index contributed by atoms with van der Waals surface area (Å²) in [5, 5.41) is 2.68. The third-order valence-corrected chi connectivity index (χ3v) is 2.56. The first-order valence-corrected chi connectivity index (χ1v) is 5.34. The van der Waals surface area contributed by atoms with Gasteiger partial charge in [0.25, 0.3) is 0 Å². The summed E-state index contributed by atoms with van der Waals surface area (Å²) >= 11 is 3.05. The van der Waals surface area contributed by atoms with E-state index in [-0.39, 0.29) is 16.0 Å². The van der Waals surface area contributed by atoms with Crippen molar-refractivity contribution in [3.05, 3.63) is 40.6 Å². The van der Waals surface area contributed by atoms with Crippen molar-refractivity contribution in [2.24, 2.45) is 0 Å². The third-order valence-electron chi connectivity index (χ3n) is 1.93. The van der Waals surface area contributed by atoms with Gasteiger partial charge in [-0.15, -0.1) is 0 Å². The fraction of sp³-hybridized carbons (Fsp3) is 0. The fourth-order valence-electron chi connectivity index (χ4n) is 1.19. The van der Waals surface area contributed by atoms with E-state index in [1.165, 1.54) is 12.4 Å². The molecule has 4 nitrogen and oxygen atoms in total. The van der Waals surface area contributed by atoms with Crippen LogP contribution < -0.4 is 11.1 Å². The van der Waals surface area contributed by atoms with Crippen LogP contribution >= 0.6 is 15.9 Å². The van der Waals surface area contributed by atoms with Crippen molar-refractivity contribution in [1.82, 2.24) is 9.97 Å². The summed E-state index contributed by atoms with van der Waals surface area (Å²) in [6, 6.07) is 1.92. The predicted molar refractivity (Wildman–Crippen MR) is 63.8 cm³/mol. The second kappa shape index (κ2) is 4.62. The highest BCUT2D eigenvalue weighted by atomic mass is 79.9. The van der Waals surface area contributed by atoms with E-state index in [1.54, 1.807) is 0 Å². The molecule has 2 rings (SSSR count). The van der Waals surface area contributed by atoms with Crippen LogP contribution in [-0.2, 0) is 0 Å². The first-order valence-electron chi connectivity index (χ1n) is 4.55. The predicted octanol–water partition coefficient (Wildman–Crippen LogP) is 2.84. The third kappa shape index (κ3) is 2.68. The van der Waals surface area contributed by atoms with Crippen molar-refractivity contribution in [2.75, 3.05) is 11.1 Å². The summed E-state index contributed by atoms with van der Waals surface area (Å²) in [7, 11) is 0. The van der Waals surface area contributed by atoms with E-state index >= 15 is 0 Å². The number of nitrogens with two attached hydrogens (primary N) is 1. The molecule has 0 aliphatic heterocycles. The monoisotopic (exact) mass is 300 g/mol. The van der Waals surface area contributed by atoms with Gasteiger partial charge in [0.05, 0.1) is 18.1 Å². The first-order chi connectivity index (χ1) is 8.06. The summed E-state index contributed by atoms with van der Waals surface area (Å²) in [4.78, 5) is 7.69. The average molecular weight is 301 g/mol. The number of aromatic nitrogens is 2. The lowest BCUT2D eigenvalue weighted by molar-refractivity contribution is 0.584. The van der Waals surface area contributed by atoms with Gasteiger partial charge in [0.2, 0.25) is 0 Å². The van der Waals surface area contributed by atoms with Crippen molar-refractivity contribution in [3.63, 3.8) is 0 Å². The molecule has 0 amide bonds. The molecule has 88 valence electrons. The molecule has 1 aromatic heterocycles. The van der Waals surface area contributed by atoms with Gasteiger partial charge in [-0.2, -0.15) is 0 Å². The zero-order valence-electron chi connectivity index (χ0n) is 8.42. The molecule has 0 aliphatic carbocycles. The van der Waals surface area contributed by atoms with Gasteiger partial charge in [0.1, 0.15) is 17.5 Å². The molecule has 0 atom stereocenters. The number of nitrogens with one attached hydrogen (secondary N) is 1. The van der Waals surface area contributed by atoms with Gasteiger partial charge in [-0.05, 0) is 22.0 Å². The number of benzene rings is 1. The van der Waals surface area contributed by atoms with Crippen LogP contribution in [0.15, 0.2) is 29.0 Å². The number of hydrogen-bond donors (Lipinski definition) is 2. The van der Waals surface area contributed by atoms with Crippen LogP contribution in [-0.4, -0.2) is 9.97 Å². The lowest BCUT2D eigenvalue weighted by atomic mass is 10.3. The number of rotatable bonds is 2. The van der Waals surface area contributed by atoms with Crippen LogP contribution in [0, 0.1) is 11.6 Å². The molecule has 0 saturated heterocycles. The number of nitrogen functional groups attached to an aromatic ring is 1. The molecule has 1 aromatic carbocycles. The minimum atomic E-state index is -0.726. The molecule has 3 N–H and O–H groups in total. The minimum Gasteiger partial charge on any atom is -0.382 e. The van der Waals surface area contributed by atoms with Crippen LogP contribution in [0.3, 0.4) is 0 Å². The van der Waals surface area contributed by atoms with Gasteiger partial charge in [0.15, 0.2) is 5.82 Å². The number of anilines is 3. The Labute approximate surface area is 104 Å². The number of hydrogen-bond acceptors (Lipinski definition) is 4. The maximum Gasteiger partial charge on any atom is 0.150 e. The van der Waals surface area contributed by atoms with E-state index in [9.17, 15) is 8.78 Å². The van der Waals surface area contributed by atoms with Crippen molar-refractivity contribution in [1.29, 1.82) is 0 Å². The Kier molecular flexibility index (Phi) is 3.19. The smallest absolute Gasteiger partial charge is 0.150 e. The van der Waals surface area contributed by atoms with Crippen LogP contribution in [0.2, 0.25) is 0 Å². The zero-order valence-corrected chi connectivity index (χ0v) is 10.0. The minimum absolute atomic E-state index is 0.0884. The van der Waals surface area contributed by atoms with Crippen molar-refractivity contribution < 1.29 is 8.78 Å². The molecule has 2 aromatic rings. The molecule has 0 saturated carbocycles. The SMILES string of the molecule is Nc1cnc(Nc2c(F)cc(F)cc2Br)cn1. The van der Waals surface area contributed by atoms with E-state index in [4.69, 9.17) is 5.73 Å². The molecule has 0 bridgehead atoms. The highest BCUT2D eigenvalue weighted by Crippen LogP contribution is 2.28. The number of nitrogens with zero attached hydrogens (tertiary/aromatic N) is 2. The van der Waals surface area contributed by atoms with Crippen LogP contribution in [0.5, 0.6) is 0 Å². The van der Waals surface area contributed by atoms with Crippen molar-refractivity contribution in [3.8, 4) is 0 Å². The summed E-state index contributed by atoms with van der Waals surface area (Å²) in [5.41, 5.74) is 5.45. The Morgan fingerprint density at radius 3 is 2.53 bits per heavy atom. The molecule has 17 heavy (non-hydrogen) atoms. The number of halogens is 3. The molecule has 0 fully saturated rings. The molecule has 1 heterocycles. The molecule has 0 aliphatic rings. The maximum atomic E-state index is 13.5. The van der Waals surface area contributed by atoms with Crippen molar-refractivity contribution >= 4 is 33.3 Å². The first kappa shape index (κ1) is 11.7. The Hall–Kier alpha value is -1.76. The van der Waals surface area contributed by atoms with Gasteiger partial charge in [-0.25, -0.2) is 18.7 Å². The Morgan fingerprint density at radius 1 is 1.18 bits per heavy atom. The molecule has 0 unspecified atom stereocenters. The lowest BCUT2D eigenvalue weighted by Gasteiger charge is -2.08. The Balaban J connectivity index is 2.33. The normalized spacial score (nSPS) is 10.3. The van der Waals surface area contributed by atoms with Crippen LogP contribution in [0.1, 0.15) is 0 Å². The molecular formula is C10H7BrF2N4. The summed E-state index contributed by atoms with van der Waals surface area (Å²) < 4.78 is 26.6. The van der Waals surface area contributed by atoms with E-state index in [0.717, 1.165) is 12.1 Å². The van der Waals surface area contributed by atoms with Gasteiger partial charge < -0.3 is 11.1 Å². The standard InChI is InChI=1S/C10H7BrF2N4/c11-6-1-5(12)2-7(13)10(6)17-9-4-15-8(14)3-16-9/h1-4H,(H2,14,15)(H,16,17). The Bertz CT molecular complexity index is 521. The second-order valence-corrected chi connectivity index (χ2v) is 4.05. The maximum absolute atomic E-state index is 13.5. The van der Waals surface area contributed by atoms with Gasteiger partial charge in [-0.3, -0.25) is 0 Å². The summed E-state index contributed by atoms with van der Waals surface area (Å²) in [5.74, 6) is -0.821.